The zero-order valence-corrected chi connectivity index (χ0v) is 10.9. The van der Waals surface area contributed by atoms with Gasteiger partial charge in [0.25, 0.3) is 0 Å². The van der Waals surface area contributed by atoms with Gasteiger partial charge in [-0.3, -0.25) is 0 Å². The average Bonchev–Trinajstić information content (AvgIpc) is 2.30. The fourth-order valence-electron chi connectivity index (χ4n) is 1.65. The fourth-order valence-corrected chi connectivity index (χ4v) is 1.65. The molecule has 5 heteroatoms. The zero-order valence-electron chi connectivity index (χ0n) is 10.9. The van der Waals surface area contributed by atoms with Crippen LogP contribution in [0.4, 0.5) is 24.5 Å². The van der Waals surface area contributed by atoms with Crippen LogP contribution in [0.2, 0.25) is 0 Å². The number of halogens is 3. The third kappa shape index (κ3) is 3.31. The smallest absolute Gasteiger partial charge is 0.398 e. The van der Waals surface area contributed by atoms with E-state index in [2.05, 4.69) is 5.32 Å². The van der Waals surface area contributed by atoms with Crippen molar-refractivity contribution < 1.29 is 13.2 Å². The highest BCUT2D eigenvalue weighted by Crippen LogP contribution is 2.36. The number of hydrogen-bond acceptors (Lipinski definition) is 2. The molecule has 102 valence electrons. The third-order valence-electron chi connectivity index (χ3n) is 3.37. The molecule has 0 unspecified atom stereocenters. The van der Waals surface area contributed by atoms with Gasteiger partial charge in [0.05, 0.1) is 5.56 Å². The first-order valence-corrected chi connectivity index (χ1v) is 5.96. The average molecular weight is 260 g/mol. The van der Waals surface area contributed by atoms with Crippen LogP contribution < -0.4 is 11.1 Å². The van der Waals surface area contributed by atoms with Crippen LogP contribution >= 0.6 is 0 Å². The van der Waals surface area contributed by atoms with Crippen LogP contribution in [0.5, 0.6) is 0 Å². The number of benzene rings is 1. The van der Waals surface area contributed by atoms with E-state index >= 15 is 0 Å². The summed E-state index contributed by atoms with van der Waals surface area (Å²) in [6.45, 7) is 5.98. The van der Waals surface area contributed by atoms with E-state index in [1.807, 2.05) is 20.8 Å². The van der Waals surface area contributed by atoms with Gasteiger partial charge in [-0.15, -0.1) is 0 Å². The third-order valence-corrected chi connectivity index (χ3v) is 3.37. The quantitative estimate of drug-likeness (QED) is 0.793. The van der Waals surface area contributed by atoms with E-state index in [0.717, 1.165) is 18.9 Å². The van der Waals surface area contributed by atoms with Crippen molar-refractivity contribution in [2.45, 2.75) is 45.3 Å². The minimum absolute atomic E-state index is 0.209. The SMILES string of the molecule is CCC(C)(CC)Nc1ccc(N)c(C(F)(F)F)c1. The van der Waals surface area contributed by atoms with Gasteiger partial charge in [0, 0.05) is 16.9 Å². The predicted octanol–water partition coefficient (Wildman–Crippen LogP) is 4.28. The van der Waals surface area contributed by atoms with E-state index in [9.17, 15) is 13.2 Å². The molecule has 3 N–H and O–H groups in total. The monoisotopic (exact) mass is 260 g/mol. The molecule has 0 bridgehead atoms. The van der Waals surface area contributed by atoms with Crippen LogP contribution in [-0.4, -0.2) is 5.54 Å². The molecule has 0 atom stereocenters. The molecular formula is C13H19F3N2. The maximum absolute atomic E-state index is 12.7. The lowest BCUT2D eigenvalue weighted by molar-refractivity contribution is -0.136. The van der Waals surface area contributed by atoms with Gasteiger partial charge in [-0.2, -0.15) is 13.2 Å². The van der Waals surface area contributed by atoms with Crippen molar-refractivity contribution in [2.24, 2.45) is 0 Å². The predicted molar refractivity (Wildman–Crippen MR) is 68.5 cm³/mol. The van der Waals surface area contributed by atoms with Crippen molar-refractivity contribution in [2.75, 3.05) is 11.1 Å². The lowest BCUT2D eigenvalue weighted by Crippen LogP contribution is -2.33. The van der Waals surface area contributed by atoms with Gasteiger partial charge < -0.3 is 11.1 Å². The number of anilines is 2. The first-order valence-electron chi connectivity index (χ1n) is 5.96. The van der Waals surface area contributed by atoms with Crippen LogP contribution in [0.1, 0.15) is 39.2 Å². The Morgan fingerprint density at radius 1 is 1.17 bits per heavy atom. The van der Waals surface area contributed by atoms with Crippen LogP contribution in [0.3, 0.4) is 0 Å². The molecule has 0 radical (unpaired) electrons. The zero-order chi connectivity index (χ0) is 14.0. The highest BCUT2D eigenvalue weighted by Gasteiger charge is 2.33. The molecule has 0 aliphatic heterocycles. The number of nitrogen functional groups attached to an aromatic ring is 1. The lowest BCUT2D eigenvalue weighted by atomic mass is 9.95. The van der Waals surface area contributed by atoms with Gasteiger partial charge in [0.15, 0.2) is 0 Å². The second kappa shape index (κ2) is 5.08. The summed E-state index contributed by atoms with van der Waals surface area (Å²) < 4.78 is 38.2. The highest BCUT2D eigenvalue weighted by atomic mass is 19.4. The molecule has 0 aliphatic carbocycles. The van der Waals surface area contributed by atoms with Crippen LogP contribution in [-0.2, 0) is 6.18 Å². The van der Waals surface area contributed by atoms with Crippen molar-refractivity contribution in [3.05, 3.63) is 23.8 Å². The summed E-state index contributed by atoms with van der Waals surface area (Å²) in [7, 11) is 0. The van der Waals surface area contributed by atoms with Crippen LogP contribution in [0.15, 0.2) is 18.2 Å². The summed E-state index contributed by atoms with van der Waals surface area (Å²) in [4.78, 5) is 0. The Morgan fingerprint density at radius 2 is 1.72 bits per heavy atom. The topological polar surface area (TPSA) is 38.0 Å². The van der Waals surface area contributed by atoms with Gasteiger partial charge >= 0.3 is 6.18 Å². The highest BCUT2D eigenvalue weighted by molar-refractivity contribution is 5.59. The summed E-state index contributed by atoms with van der Waals surface area (Å²) in [5.41, 5.74) is 4.56. The van der Waals surface area contributed by atoms with Crippen molar-refractivity contribution >= 4 is 11.4 Å². The largest absolute Gasteiger partial charge is 0.418 e. The number of alkyl halides is 3. The van der Waals surface area contributed by atoms with Crippen LogP contribution in [0.25, 0.3) is 0 Å². The molecule has 0 amide bonds. The number of hydrogen-bond donors (Lipinski definition) is 2. The molecule has 1 aromatic carbocycles. The van der Waals surface area contributed by atoms with E-state index in [4.69, 9.17) is 5.73 Å². The summed E-state index contributed by atoms with van der Waals surface area (Å²) >= 11 is 0. The van der Waals surface area contributed by atoms with E-state index < -0.39 is 11.7 Å². The van der Waals surface area contributed by atoms with Gasteiger partial charge in [0.2, 0.25) is 0 Å². The van der Waals surface area contributed by atoms with Gasteiger partial charge in [-0.05, 0) is 38.0 Å². The number of rotatable bonds is 4. The minimum Gasteiger partial charge on any atom is -0.398 e. The Morgan fingerprint density at radius 3 is 2.17 bits per heavy atom. The molecule has 0 heterocycles. The Balaban J connectivity index is 3.06. The summed E-state index contributed by atoms with van der Waals surface area (Å²) in [5, 5.41) is 3.14. The normalized spacial score (nSPS) is 12.6. The van der Waals surface area contributed by atoms with Gasteiger partial charge in [-0.25, -0.2) is 0 Å². The molecule has 0 saturated heterocycles. The second-order valence-corrected chi connectivity index (χ2v) is 4.69. The van der Waals surface area contributed by atoms with E-state index in [0.29, 0.717) is 5.69 Å². The Hall–Kier alpha value is -1.39. The van der Waals surface area contributed by atoms with Crippen LogP contribution in [0, 0.1) is 0 Å². The molecule has 0 aromatic heterocycles. The molecule has 0 aliphatic rings. The second-order valence-electron chi connectivity index (χ2n) is 4.69. The molecular weight excluding hydrogens is 241 g/mol. The van der Waals surface area contributed by atoms with Crippen molar-refractivity contribution in [1.29, 1.82) is 0 Å². The molecule has 0 spiro atoms. The minimum atomic E-state index is -4.42. The maximum Gasteiger partial charge on any atom is 0.418 e. The number of nitrogens with two attached hydrogens (primary N) is 1. The van der Waals surface area contributed by atoms with Crippen molar-refractivity contribution in [3.63, 3.8) is 0 Å². The maximum atomic E-state index is 12.7. The first-order chi connectivity index (χ1) is 8.22. The lowest BCUT2D eigenvalue weighted by Gasteiger charge is -2.30. The van der Waals surface area contributed by atoms with Crippen molar-refractivity contribution in [3.8, 4) is 0 Å². The van der Waals surface area contributed by atoms with Gasteiger partial charge in [-0.1, -0.05) is 13.8 Å². The standard InChI is InChI=1S/C13H19F3N2/c1-4-12(3,5-2)18-9-6-7-11(17)10(8-9)13(14,15)16/h6-8,18H,4-5,17H2,1-3H3. The van der Waals surface area contributed by atoms with Crippen molar-refractivity contribution in [1.82, 2.24) is 0 Å². The van der Waals surface area contributed by atoms with E-state index in [1.54, 1.807) is 6.07 Å². The summed E-state index contributed by atoms with van der Waals surface area (Å²) in [6, 6.07) is 3.93. The molecule has 18 heavy (non-hydrogen) atoms. The Bertz CT molecular complexity index is 409. The molecule has 1 rings (SSSR count). The molecule has 1 aromatic rings. The summed E-state index contributed by atoms with van der Waals surface area (Å²) in [5.74, 6) is 0. The fraction of sp³-hybridized carbons (Fsp3) is 0.538. The van der Waals surface area contributed by atoms with E-state index in [-0.39, 0.29) is 11.2 Å². The molecule has 0 fully saturated rings. The molecule has 2 nitrogen and oxygen atoms in total. The Kier molecular flexibility index (Phi) is 4.14. The first kappa shape index (κ1) is 14.7. The molecule has 0 saturated carbocycles. The van der Waals surface area contributed by atoms with Gasteiger partial charge in [0.1, 0.15) is 0 Å². The summed E-state index contributed by atoms with van der Waals surface area (Å²) in [6.07, 6.45) is -2.76. The Labute approximate surface area is 105 Å². The van der Waals surface area contributed by atoms with E-state index in [1.165, 1.54) is 6.07 Å². The number of nitrogens with one attached hydrogen (secondary N) is 1.